The van der Waals surface area contributed by atoms with E-state index in [-0.39, 0.29) is 35.6 Å². The van der Waals surface area contributed by atoms with Crippen LogP contribution in [-0.4, -0.2) is 51.3 Å². The number of nitrogens with one attached hydrogen (secondary N) is 1. The van der Waals surface area contributed by atoms with Crippen LogP contribution in [0.15, 0.2) is 42.9 Å². The highest BCUT2D eigenvalue weighted by atomic mass is 19.4. The normalized spacial score (nSPS) is 22.8. The topological polar surface area (TPSA) is 121 Å². The van der Waals surface area contributed by atoms with Crippen molar-refractivity contribution >= 4 is 17.3 Å². The molecule has 0 bridgehead atoms. The van der Waals surface area contributed by atoms with E-state index in [1.165, 1.54) is 23.0 Å². The van der Waals surface area contributed by atoms with Crippen molar-refractivity contribution < 1.29 is 32.2 Å². The molecule has 12 heteroatoms. The number of ether oxygens (including phenoxy) is 2. The molecular weight excluding hydrogens is 491 g/mol. The molecule has 0 radical (unpaired) electrons. The molecule has 0 unspecified atom stereocenters. The predicted octanol–water partition coefficient (Wildman–Crippen LogP) is 3.21. The molecular formula is C25H26F3N5O4. The fraction of sp³-hybridized carbons (Fsp3) is 0.440. The number of hydrogen-bond acceptors (Lipinski definition) is 6. The van der Waals surface area contributed by atoms with Gasteiger partial charge in [0.25, 0.3) is 5.91 Å². The van der Waals surface area contributed by atoms with Gasteiger partial charge < -0.3 is 20.5 Å². The van der Waals surface area contributed by atoms with Crippen LogP contribution in [0.25, 0.3) is 5.52 Å². The molecule has 3 N–H and O–H groups in total. The van der Waals surface area contributed by atoms with Crippen LogP contribution in [0, 0.1) is 5.41 Å². The van der Waals surface area contributed by atoms with Gasteiger partial charge in [0.05, 0.1) is 42.9 Å². The molecule has 9 nitrogen and oxygen atoms in total. The third-order valence-electron chi connectivity index (χ3n) is 6.90. The smallest absolute Gasteiger partial charge is 0.392 e. The number of amides is 2. The Kier molecular flexibility index (Phi) is 6.42. The largest absolute Gasteiger partial charge is 0.492 e. The highest BCUT2D eigenvalue weighted by Crippen LogP contribution is 2.56. The Bertz CT molecular complexity index is 1310. The Morgan fingerprint density at radius 1 is 1.19 bits per heavy atom. The van der Waals surface area contributed by atoms with Gasteiger partial charge in [-0.15, -0.1) is 0 Å². The number of fused-ring (bicyclic) bond motifs is 1. The summed E-state index contributed by atoms with van der Waals surface area (Å²) in [6.45, 7) is -0.491. The molecule has 37 heavy (non-hydrogen) atoms. The molecule has 3 aromatic heterocycles. The summed E-state index contributed by atoms with van der Waals surface area (Å²) >= 11 is 0. The third-order valence-corrected chi connectivity index (χ3v) is 6.90. The summed E-state index contributed by atoms with van der Waals surface area (Å²) in [6.07, 6.45) is 2.61. The van der Waals surface area contributed by atoms with Crippen molar-refractivity contribution in [3.8, 4) is 11.6 Å². The minimum absolute atomic E-state index is 0.00495. The van der Waals surface area contributed by atoms with Gasteiger partial charge in [-0.25, -0.2) is 9.50 Å². The zero-order valence-corrected chi connectivity index (χ0v) is 19.8. The van der Waals surface area contributed by atoms with E-state index in [2.05, 4.69) is 15.4 Å². The first-order chi connectivity index (χ1) is 17.6. The summed E-state index contributed by atoms with van der Waals surface area (Å²) in [5, 5.41) is 7.18. The fourth-order valence-electron chi connectivity index (χ4n) is 5.19. The number of rotatable bonds is 9. The zero-order chi connectivity index (χ0) is 26.2. The van der Waals surface area contributed by atoms with Crippen LogP contribution in [-0.2, 0) is 11.2 Å². The average Bonchev–Trinajstić information content (AvgIpc) is 3.19. The zero-order valence-electron chi connectivity index (χ0n) is 19.8. The fourth-order valence-corrected chi connectivity index (χ4v) is 5.19. The lowest BCUT2D eigenvalue weighted by Crippen LogP contribution is -2.58. The molecule has 1 spiro atoms. The SMILES string of the molecule is NC(=O)Cc1cccnc1OC1CC2(CC(NC(=O)c3cnn4cc(OCCC(F)(F)F)ccc34)C2)C1. The predicted molar refractivity (Wildman–Crippen MR) is 125 cm³/mol. The van der Waals surface area contributed by atoms with E-state index in [0.29, 0.717) is 22.5 Å². The van der Waals surface area contributed by atoms with Crippen LogP contribution in [0.4, 0.5) is 13.2 Å². The molecule has 0 saturated heterocycles. The van der Waals surface area contributed by atoms with Crippen molar-refractivity contribution in [3.05, 3.63) is 54.0 Å². The Balaban J connectivity index is 1.10. The number of alkyl halides is 3. The van der Waals surface area contributed by atoms with E-state index in [4.69, 9.17) is 15.2 Å². The number of halogens is 3. The van der Waals surface area contributed by atoms with Gasteiger partial charge in [0, 0.05) is 17.8 Å². The van der Waals surface area contributed by atoms with Crippen LogP contribution in [0.5, 0.6) is 11.6 Å². The van der Waals surface area contributed by atoms with Gasteiger partial charge in [-0.05, 0) is 49.3 Å². The molecule has 2 saturated carbocycles. The summed E-state index contributed by atoms with van der Waals surface area (Å²) in [4.78, 5) is 28.4. The number of pyridine rings is 2. The van der Waals surface area contributed by atoms with Crippen LogP contribution in [0.1, 0.15) is 48.0 Å². The average molecular weight is 518 g/mol. The molecule has 0 aromatic carbocycles. The van der Waals surface area contributed by atoms with E-state index >= 15 is 0 Å². The van der Waals surface area contributed by atoms with Crippen LogP contribution < -0.4 is 20.5 Å². The molecule has 0 atom stereocenters. The maximum atomic E-state index is 12.8. The molecule has 2 aliphatic carbocycles. The van der Waals surface area contributed by atoms with Gasteiger partial charge in [-0.1, -0.05) is 6.07 Å². The number of nitrogens with zero attached hydrogens (tertiary/aromatic N) is 3. The lowest BCUT2D eigenvalue weighted by atomic mass is 9.53. The lowest BCUT2D eigenvalue weighted by molar-refractivity contribution is -0.139. The molecule has 2 fully saturated rings. The summed E-state index contributed by atoms with van der Waals surface area (Å²) in [7, 11) is 0. The maximum Gasteiger partial charge on any atom is 0.392 e. The standard InChI is InChI=1S/C25H26F3N5O4/c26-25(27,28)5-7-36-17-3-4-20-19(13-31-33(20)14-17)22(35)32-16-9-24(10-16)11-18(12-24)37-23-15(8-21(29)34)2-1-6-30-23/h1-4,6,13-14,16,18H,5,7-12H2,(H2,29,34)(H,32,35). The van der Waals surface area contributed by atoms with E-state index in [9.17, 15) is 22.8 Å². The first-order valence-corrected chi connectivity index (χ1v) is 12.0. The van der Waals surface area contributed by atoms with Crippen molar-refractivity contribution in [2.45, 2.75) is 56.8 Å². The van der Waals surface area contributed by atoms with Gasteiger partial charge in [0.15, 0.2) is 0 Å². The molecule has 2 aliphatic rings. The summed E-state index contributed by atoms with van der Waals surface area (Å²) in [5.74, 6) is -0.0204. The number of carbonyl (C=O) groups is 2. The van der Waals surface area contributed by atoms with Crippen molar-refractivity contribution in [3.63, 3.8) is 0 Å². The van der Waals surface area contributed by atoms with Crippen LogP contribution in [0.3, 0.4) is 0 Å². The Morgan fingerprint density at radius 2 is 1.97 bits per heavy atom. The maximum absolute atomic E-state index is 12.8. The second kappa shape index (κ2) is 9.56. The number of hydrogen-bond donors (Lipinski definition) is 2. The lowest BCUT2D eigenvalue weighted by Gasteiger charge is -2.57. The molecule has 2 amide bonds. The first-order valence-electron chi connectivity index (χ1n) is 12.0. The number of aromatic nitrogens is 3. The highest BCUT2D eigenvalue weighted by molar-refractivity contribution is 6.00. The Hall–Kier alpha value is -3.83. The van der Waals surface area contributed by atoms with Crippen molar-refractivity contribution in [1.29, 1.82) is 0 Å². The van der Waals surface area contributed by atoms with Gasteiger partial charge in [0.1, 0.15) is 11.9 Å². The Morgan fingerprint density at radius 3 is 2.70 bits per heavy atom. The van der Waals surface area contributed by atoms with E-state index < -0.39 is 25.1 Å². The van der Waals surface area contributed by atoms with Gasteiger partial charge in [-0.2, -0.15) is 18.3 Å². The number of primary amides is 1. The molecule has 5 rings (SSSR count). The van der Waals surface area contributed by atoms with Crippen LogP contribution >= 0.6 is 0 Å². The van der Waals surface area contributed by atoms with Crippen molar-refractivity contribution in [2.24, 2.45) is 11.1 Å². The first kappa shape index (κ1) is 24.8. The summed E-state index contributed by atoms with van der Waals surface area (Å²) in [5.41, 5.74) is 7.02. The second-order valence-corrected chi connectivity index (χ2v) is 9.80. The second-order valence-electron chi connectivity index (χ2n) is 9.80. The van der Waals surface area contributed by atoms with Gasteiger partial charge in [0.2, 0.25) is 11.8 Å². The van der Waals surface area contributed by atoms with Gasteiger partial charge in [-0.3, -0.25) is 9.59 Å². The van der Waals surface area contributed by atoms with Crippen molar-refractivity contribution in [1.82, 2.24) is 19.9 Å². The van der Waals surface area contributed by atoms with Crippen LogP contribution in [0.2, 0.25) is 0 Å². The summed E-state index contributed by atoms with van der Waals surface area (Å²) in [6, 6.07) is 6.67. The quantitative estimate of drug-likeness (QED) is 0.450. The van der Waals surface area contributed by atoms with Gasteiger partial charge >= 0.3 is 6.18 Å². The molecule has 0 aliphatic heterocycles. The monoisotopic (exact) mass is 517 g/mol. The number of carbonyl (C=O) groups excluding carboxylic acids is 2. The Labute approximate surface area is 210 Å². The highest BCUT2D eigenvalue weighted by Gasteiger charge is 2.54. The minimum Gasteiger partial charge on any atom is -0.492 e. The molecule has 196 valence electrons. The van der Waals surface area contributed by atoms with Crippen molar-refractivity contribution in [2.75, 3.05) is 6.61 Å². The molecule has 3 heterocycles. The summed E-state index contributed by atoms with van der Waals surface area (Å²) < 4.78 is 49.5. The molecule has 3 aromatic rings. The third kappa shape index (κ3) is 5.62. The number of nitrogens with two attached hydrogens (primary N) is 1. The van der Waals surface area contributed by atoms with E-state index in [1.54, 1.807) is 24.4 Å². The van der Waals surface area contributed by atoms with E-state index in [0.717, 1.165) is 25.7 Å². The van der Waals surface area contributed by atoms with E-state index in [1.807, 2.05) is 0 Å². The minimum atomic E-state index is -4.29.